The maximum Gasteiger partial charge on any atom is 0.264 e. The summed E-state index contributed by atoms with van der Waals surface area (Å²) in [6.45, 7) is 5.04. The zero-order valence-electron chi connectivity index (χ0n) is 20.8. The summed E-state index contributed by atoms with van der Waals surface area (Å²) in [5, 5.41) is 3.54. The molecular formula is C27H29Cl2N3O4S. The van der Waals surface area contributed by atoms with Gasteiger partial charge in [0.25, 0.3) is 10.0 Å². The average molecular weight is 563 g/mol. The first-order chi connectivity index (χ1) is 17.5. The standard InChI is InChI=1S/C27H29Cl2N3O4S/c1-4-30-27(34)20(3)31(17-21-9-8-10-22(28)15-21)26(33)18-32(25-16-23(29)14-13-19(25)2)37(35,36)24-11-6-5-7-12-24/h5-16,20H,4,17-18H2,1-3H3,(H,30,34)/t20-/m1/s1. The fraction of sp³-hybridized carbons (Fsp3) is 0.259. The molecule has 0 fully saturated rings. The fourth-order valence-corrected chi connectivity index (χ4v) is 5.69. The minimum Gasteiger partial charge on any atom is -0.355 e. The smallest absolute Gasteiger partial charge is 0.264 e. The predicted octanol–water partition coefficient (Wildman–Crippen LogP) is 5.05. The van der Waals surface area contributed by atoms with Crippen molar-refractivity contribution in [3.63, 3.8) is 0 Å². The highest BCUT2D eigenvalue weighted by atomic mass is 35.5. The van der Waals surface area contributed by atoms with Gasteiger partial charge in [-0.05, 0) is 68.3 Å². The summed E-state index contributed by atoms with van der Waals surface area (Å²) in [5.74, 6) is -0.910. The van der Waals surface area contributed by atoms with E-state index in [1.54, 1.807) is 75.4 Å². The Morgan fingerprint density at radius 1 is 0.946 bits per heavy atom. The summed E-state index contributed by atoms with van der Waals surface area (Å²) in [6, 6.07) is 18.8. The molecule has 3 aromatic carbocycles. The van der Waals surface area contributed by atoms with E-state index in [4.69, 9.17) is 23.2 Å². The monoisotopic (exact) mass is 561 g/mol. The van der Waals surface area contributed by atoms with Crippen LogP contribution in [0.5, 0.6) is 0 Å². The summed E-state index contributed by atoms with van der Waals surface area (Å²) < 4.78 is 28.6. The summed E-state index contributed by atoms with van der Waals surface area (Å²) >= 11 is 12.4. The van der Waals surface area contributed by atoms with Gasteiger partial charge in [-0.25, -0.2) is 8.42 Å². The lowest BCUT2D eigenvalue weighted by Crippen LogP contribution is -2.51. The number of aryl methyl sites for hydroxylation is 1. The highest BCUT2D eigenvalue weighted by molar-refractivity contribution is 7.92. The third-order valence-corrected chi connectivity index (χ3v) is 8.05. The topological polar surface area (TPSA) is 86.8 Å². The summed E-state index contributed by atoms with van der Waals surface area (Å²) in [4.78, 5) is 27.9. The number of likely N-dealkylation sites (N-methyl/N-ethyl adjacent to an activating group) is 1. The number of sulfonamides is 1. The second kappa shape index (κ2) is 12.4. The van der Waals surface area contributed by atoms with Gasteiger partial charge in [0.2, 0.25) is 11.8 Å². The third-order valence-electron chi connectivity index (χ3n) is 5.81. The predicted molar refractivity (Wildman–Crippen MR) is 147 cm³/mol. The molecule has 0 spiro atoms. The van der Waals surface area contributed by atoms with Crippen LogP contribution in [0.3, 0.4) is 0 Å². The molecule has 196 valence electrons. The molecule has 1 N–H and O–H groups in total. The molecule has 0 aliphatic heterocycles. The lowest BCUT2D eigenvalue weighted by atomic mass is 10.1. The van der Waals surface area contributed by atoms with Crippen molar-refractivity contribution in [2.24, 2.45) is 0 Å². The van der Waals surface area contributed by atoms with E-state index >= 15 is 0 Å². The number of hydrogen-bond acceptors (Lipinski definition) is 4. The van der Waals surface area contributed by atoms with Crippen LogP contribution in [-0.2, 0) is 26.2 Å². The Labute approximate surface area is 228 Å². The lowest BCUT2D eigenvalue weighted by Gasteiger charge is -2.32. The van der Waals surface area contributed by atoms with Crippen LogP contribution in [0.2, 0.25) is 10.0 Å². The van der Waals surface area contributed by atoms with Crippen LogP contribution in [0.15, 0.2) is 77.7 Å². The molecule has 37 heavy (non-hydrogen) atoms. The molecule has 0 saturated carbocycles. The van der Waals surface area contributed by atoms with Gasteiger partial charge in [0.05, 0.1) is 10.6 Å². The molecule has 10 heteroatoms. The van der Waals surface area contributed by atoms with Gasteiger partial charge < -0.3 is 10.2 Å². The van der Waals surface area contributed by atoms with Gasteiger partial charge in [0.1, 0.15) is 12.6 Å². The summed E-state index contributed by atoms with van der Waals surface area (Å²) in [5.41, 5.74) is 1.60. The van der Waals surface area contributed by atoms with Crippen LogP contribution in [0.4, 0.5) is 5.69 Å². The van der Waals surface area contributed by atoms with E-state index in [1.807, 2.05) is 0 Å². The van der Waals surface area contributed by atoms with E-state index in [2.05, 4.69) is 5.32 Å². The number of carbonyl (C=O) groups is 2. The molecule has 0 saturated heterocycles. The Hall–Kier alpha value is -3.07. The number of anilines is 1. The number of rotatable bonds is 10. The first-order valence-electron chi connectivity index (χ1n) is 11.7. The average Bonchev–Trinajstić information content (AvgIpc) is 2.87. The van der Waals surface area contributed by atoms with Gasteiger partial charge >= 0.3 is 0 Å². The molecule has 0 radical (unpaired) electrons. The van der Waals surface area contributed by atoms with E-state index in [0.717, 1.165) is 4.31 Å². The van der Waals surface area contributed by atoms with Crippen LogP contribution >= 0.6 is 23.2 Å². The largest absolute Gasteiger partial charge is 0.355 e. The molecule has 1 atom stereocenters. The van der Waals surface area contributed by atoms with Crippen LogP contribution in [0, 0.1) is 6.92 Å². The molecule has 0 bridgehead atoms. The van der Waals surface area contributed by atoms with Gasteiger partial charge in [-0.3, -0.25) is 13.9 Å². The van der Waals surface area contributed by atoms with E-state index in [0.29, 0.717) is 27.7 Å². The van der Waals surface area contributed by atoms with Crippen molar-refractivity contribution in [1.29, 1.82) is 0 Å². The summed E-state index contributed by atoms with van der Waals surface area (Å²) in [7, 11) is -4.15. The lowest BCUT2D eigenvalue weighted by molar-refractivity contribution is -0.139. The molecule has 3 aromatic rings. The Kier molecular flexibility index (Phi) is 9.59. The maximum atomic E-state index is 13.8. The van der Waals surface area contributed by atoms with Gasteiger partial charge in [0.15, 0.2) is 0 Å². The van der Waals surface area contributed by atoms with Crippen LogP contribution in [0.25, 0.3) is 0 Å². The zero-order chi connectivity index (χ0) is 27.2. The Morgan fingerprint density at radius 3 is 2.27 bits per heavy atom. The first kappa shape index (κ1) is 28.5. The number of nitrogens with one attached hydrogen (secondary N) is 1. The van der Waals surface area contributed by atoms with Crippen molar-refractivity contribution >= 4 is 50.7 Å². The molecule has 0 heterocycles. The second-order valence-corrected chi connectivity index (χ2v) is 11.2. The fourth-order valence-electron chi connectivity index (χ4n) is 3.82. The molecular weight excluding hydrogens is 533 g/mol. The second-order valence-electron chi connectivity index (χ2n) is 8.48. The van der Waals surface area contributed by atoms with Crippen LogP contribution < -0.4 is 9.62 Å². The number of carbonyl (C=O) groups excluding carboxylic acids is 2. The normalized spacial score (nSPS) is 12.0. The van der Waals surface area contributed by atoms with Crippen molar-refractivity contribution in [3.8, 4) is 0 Å². The van der Waals surface area contributed by atoms with Gasteiger partial charge in [0, 0.05) is 23.1 Å². The quantitative estimate of drug-likeness (QED) is 0.375. The molecule has 3 rings (SSSR count). The minimum atomic E-state index is -4.15. The van der Waals surface area contributed by atoms with E-state index in [9.17, 15) is 18.0 Å². The Morgan fingerprint density at radius 2 is 1.62 bits per heavy atom. The van der Waals surface area contributed by atoms with Gasteiger partial charge in [-0.15, -0.1) is 0 Å². The maximum absolute atomic E-state index is 13.8. The van der Waals surface area contributed by atoms with E-state index < -0.39 is 28.5 Å². The number of amides is 2. The van der Waals surface area contributed by atoms with Gasteiger partial charge in [-0.1, -0.05) is 59.6 Å². The molecule has 0 aliphatic carbocycles. The van der Waals surface area contributed by atoms with Crippen molar-refractivity contribution in [2.75, 3.05) is 17.4 Å². The first-order valence-corrected chi connectivity index (χ1v) is 13.9. The minimum absolute atomic E-state index is 0.0281. The van der Waals surface area contributed by atoms with Crippen molar-refractivity contribution in [2.45, 2.75) is 38.3 Å². The van der Waals surface area contributed by atoms with E-state index in [1.165, 1.54) is 23.1 Å². The van der Waals surface area contributed by atoms with Crippen LogP contribution in [0.1, 0.15) is 25.0 Å². The number of hydrogen-bond donors (Lipinski definition) is 1. The zero-order valence-corrected chi connectivity index (χ0v) is 23.1. The highest BCUT2D eigenvalue weighted by Gasteiger charge is 2.33. The van der Waals surface area contributed by atoms with Crippen molar-refractivity contribution < 1.29 is 18.0 Å². The SMILES string of the molecule is CCNC(=O)[C@@H](C)N(Cc1cccc(Cl)c1)C(=O)CN(c1cc(Cl)ccc1C)S(=O)(=O)c1ccccc1. The number of benzene rings is 3. The van der Waals surface area contributed by atoms with Gasteiger partial charge in [-0.2, -0.15) is 0 Å². The Bertz CT molecular complexity index is 1370. The number of nitrogens with zero attached hydrogens (tertiary/aromatic N) is 2. The van der Waals surface area contributed by atoms with Crippen LogP contribution in [-0.4, -0.2) is 44.3 Å². The molecule has 0 aromatic heterocycles. The molecule has 0 aliphatic rings. The number of halogens is 2. The van der Waals surface area contributed by atoms with Crippen molar-refractivity contribution in [1.82, 2.24) is 10.2 Å². The third kappa shape index (κ3) is 7.03. The molecule has 0 unspecified atom stereocenters. The van der Waals surface area contributed by atoms with Crippen molar-refractivity contribution in [3.05, 3.63) is 94.0 Å². The molecule has 2 amide bonds. The van der Waals surface area contributed by atoms with E-state index in [-0.39, 0.29) is 23.0 Å². The highest BCUT2D eigenvalue weighted by Crippen LogP contribution is 2.30. The Balaban J connectivity index is 2.06. The summed E-state index contributed by atoms with van der Waals surface area (Å²) in [6.07, 6.45) is 0. The molecule has 7 nitrogen and oxygen atoms in total.